The molecule has 0 unspecified atom stereocenters. The first-order valence-corrected chi connectivity index (χ1v) is 7.45. The molecule has 2 heteroatoms. The second-order valence-electron chi connectivity index (χ2n) is 5.71. The molecule has 2 aromatic rings. The predicted molar refractivity (Wildman–Crippen MR) is 91.7 cm³/mol. The summed E-state index contributed by atoms with van der Waals surface area (Å²) in [5.74, 6) is 0.582. The fourth-order valence-electron chi connectivity index (χ4n) is 2.90. The molecule has 0 radical (unpaired) electrons. The first-order valence-electron chi connectivity index (χ1n) is 7.45. The molecule has 2 aromatic carbocycles. The maximum absolute atomic E-state index is 8.67. The first kappa shape index (κ1) is 15.3. The summed E-state index contributed by atoms with van der Waals surface area (Å²) < 4.78 is 0. The van der Waals surface area contributed by atoms with E-state index in [1.165, 1.54) is 11.1 Å². The van der Waals surface area contributed by atoms with Gasteiger partial charge in [-0.1, -0.05) is 24.3 Å². The average Bonchev–Trinajstić information content (AvgIpc) is 2.38. The van der Waals surface area contributed by atoms with E-state index in [0.29, 0.717) is 5.84 Å². The Bertz CT molecular complexity index is 631. The van der Waals surface area contributed by atoms with Crippen LogP contribution in [0.4, 0.5) is 5.69 Å². The highest BCUT2D eigenvalue weighted by molar-refractivity contribution is 6.09. The van der Waals surface area contributed by atoms with Crippen LogP contribution in [0.2, 0.25) is 0 Å². The molecule has 0 spiro atoms. The van der Waals surface area contributed by atoms with E-state index in [0.717, 1.165) is 28.9 Å². The number of nitrogens with one attached hydrogen (secondary N) is 1. The van der Waals surface area contributed by atoms with E-state index in [-0.39, 0.29) is 0 Å². The summed E-state index contributed by atoms with van der Waals surface area (Å²) in [4.78, 5) is 2.08. The Hall–Kier alpha value is -2.09. The third-order valence-electron chi connectivity index (χ3n) is 3.82. The maximum atomic E-state index is 8.67. The zero-order valence-corrected chi connectivity index (χ0v) is 13.6. The van der Waals surface area contributed by atoms with Crippen molar-refractivity contribution in [2.45, 2.75) is 34.6 Å². The summed E-state index contributed by atoms with van der Waals surface area (Å²) in [6, 6.07) is 12.7. The lowest BCUT2D eigenvalue weighted by Crippen LogP contribution is -2.32. The Labute approximate surface area is 127 Å². The molecule has 0 heterocycles. The van der Waals surface area contributed by atoms with E-state index in [9.17, 15) is 0 Å². The summed E-state index contributed by atoms with van der Waals surface area (Å²) in [6.45, 7) is 11.2. The molecule has 0 aliphatic rings. The topological polar surface area (TPSA) is 27.1 Å². The van der Waals surface area contributed by atoms with Gasteiger partial charge < -0.3 is 4.90 Å². The number of hydrogen-bond acceptors (Lipinski definition) is 1. The number of rotatable bonds is 3. The van der Waals surface area contributed by atoms with Crippen LogP contribution in [0.15, 0.2) is 36.4 Å². The molecule has 0 aliphatic carbocycles. The molecule has 1 N–H and O–H groups in total. The van der Waals surface area contributed by atoms with Gasteiger partial charge in [-0.25, -0.2) is 0 Å². The maximum Gasteiger partial charge on any atom is 0.133 e. The number of benzene rings is 2. The quantitative estimate of drug-likeness (QED) is 0.636. The van der Waals surface area contributed by atoms with Gasteiger partial charge in [0.2, 0.25) is 0 Å². The van der Waals surface area contributed by atoms with Gasteiger partial charge >= 0.3 is 0 Å². The Morgan fingerprint density at radius 1 is 0.952 bits per heavy atom. The van der Waals surface area contributed by atoms with Crippen molar-refractivity contribution >= 4 is 11.5 Å². The number of nitrogens with zero attached hydrogens (tertiary/aromatic N) is 1. The molecular weight excluding hydrogens is 256 g/mol. The van der Waals surface area contributed by atoms with Gasteiger partial charge in [-0.2, -0.15) is 0 Å². The lowest BCUT2D eigenvalue weighted by Gasteiger charge is -2.26. The molecule has 0 saturated heterocycles. The summed E-state index contributed by atoms with van der Waals surface area (Å²) in [6.07, 6.45) is 0. The summed E-state index contributed by atoms with van der Waals surface area (Å²) in [5.41, 5.74) is 6.92. The average molecular weight is 280 g/mol. The number of aryl methyl sites for hydroxylation is 4. The first-order chi connectivity index (χ1) is 9.93. The molecule has 0 atom stereocenters. The molecule has 2 rings (SSSR count). The van der Waals surface area contributed by atoms with Crippen molar-refractivity contribution in [2.24, 2.45) is 0 Å². The van der Waals surface area contributed by atoms with Crippen molar-refractivity contribution in [3.63, 3.8) is 0 Å². The normalized spacial score (nSPS) is 10.5. The van der Waals surface area contributed by atoms with Crippen LogP contribution in [0.3, 0.4) is 0 Å². The summed E-state index contributed by atoms with van der Waals surface area (Å²) in [7, 11) is 0. The molecule has 0 amide bonds. The van der Waals surface area contributed by atoms with Crippen LogP contribution in [0.1, 0.15) is 34.7 Å². The minimum atomic E-state index is 0.582. The van der Waals surface area contributed by atoms with Crippen molar-refractivity contribution in [2.75, 3.05) is 11.4 Å². The third kappa shape index (κ3) is 3.15. The standard InChI is InChI=1S/C19H24N2/c1-6-21(17-11-13(2)10-14(3)12-17)19(20)18-15(4)8-7-9-16(18)5/h7-12,20H,6H2,1-5H3. The van der Waals surface area contributed by atoms with E-state index >= 15 is 0 Å². The highest BCUT2D eigenvalue weighted by Crippen LogP contribution is 2.23. The third-order valence-corrected chi connectivity index (χ3v) is 3.82. The molecule has 110 valence electrons. The van der Waals surface area contributed by atoms with E-state index in [2.05, 4.69) is 75.9 Å². The van der Waals surface area contributed by atoms with Crippen molar-refractivity contribution in [1.29, 1.82) is 5.41 Å². The Kier molecular flexibility index (Phi) is 4.46. The molecule has 0 fully saturated rings. The fraction of sp³-hybridized carbons (Fsp3) is 0.316. The van der Waals surface area contributed by atoms with E-state index < -0.39 is 0 Å². The lowest BCUT2D eigenvalue weighted by atomic mass is 10.0. The van der Waals surface area contributed by atoms with E-state index in [1.807, 2.05) is 0 Å². The Morgan fingerprint density at radius 3 is 1.95 bits per heavy atom. The zero-order chi connectivity index (χ0) is 15.6. The van der Waals surface area contributed by atoms with Crippen molar-refractivity contribution in [3.8, 4) is 0 Å². The SMILES string of the molecule is CCN(C(=N)c1c(C)cccc1C)c1cc(C)cc(C)c1. The number of hydrogen-bond donors (Lipinski definition) is 1. The minimum absolute atomic E-state index is 0.582. The van der Waals surface area contributed by atoms with Gasteiger partial charge in [0.1, 0.15) is 5.84 Å². The van der Waals surface area contributed by atoms with Crippen molar-refractivity contribution in [3.05, 3.63) is 64.2 Å². The molecule has 0 saturated carbocycles. The molecular formula is C19H24N2. The van der Waals surface area contributed by atoms with Crippen molar-refractivity contribution < 1.29 is 0 Å². The van der Waals surface area contributed by atoms with Crippen LogP contribution in [-0.2, 0) is 0 Å². The second kappa shape index (κ2) is 6.13. The zero-order valence-electron chi connectivity index (χ0n) is 13.6. The highest BCUT2D eigenvalue weighted by atomic mass is 15.2. The largest absolute Gasteiger partial charge is 0.327 e. The van der Waals surface area contributed by atoms with Crippen LogP contribution in [0.5, 0.6) is 0 Å². The Morgan fingerprint density at radius 2 is 1.48 bits per heavy atom. The van der Waals surface area contributed by atoms with Gasteiger partial charge in [-0.05, 0) is 69.0 Å². The summed E-state index contributed by atoms with van der Waals surface area (Å²) in [5, 5.41) is 8.67. The van der Waals surface area contributed by atoms with Gasteiger partial charge in [0.15, 0.2) is 0 Å². The molecule has 2 nitrogen and oxygen atoms in total. The predicted octanol–water partition coefficient (Wildman–Crippen LogP) is 4.77. The lowest BCUT2D eigenvalue weighted by molar-refractivity contribution is 1.04. The second-order valence-corrected chi connectivity index (χ2v) is 5.71. The van der Waals surface area contributed by atoms with Crippen LogP contribution in [-0.4, -0.2) is 12.4 Å². The molecule has 0 aromatic heterocycles. The van der Waals surface area contributed by atoms with E-state index in [1.54, 1.807) is 0 Å². The van der Waals surface area contributed by atoms with Crippen LogP contribution >= 0.6 is 0 Å². The molecule has 21 heavy (non-hydrogen) atoms. The monoisotopic (exact) mass is 280 g/mol. The number of amidine groups is 1. The van der Waals surface area contributed by atoms with Crippen LogP contribution < -0.4 is 4.90 Å². The highest BCUT2D eigenvalue weighted by Gasteiger charge is 2.16. The molecule has 0 bridgehead atoms. The van der Waals surface area contributed by atoms with Gasteiger partial charge in [0.25, 0.3) is 0 Å². The van der Waals surface area contributed by atoms with Crippen LogP contribution in [0.25, 0.3) is 0 Å². The smallest absolute Gasteiger partial charge is 0.133 e. The van der Waals surface area contributed by atoms with Gasteiger partial charge in [-0.15, -0.1) is 0 Å². The fourth-order valence-corrected chi connectivity index (χ4v) is 2.90. The Balaban J connectivity index is 2.48. The van der Waals surface area contributed by atoms with Crippen LogP contribution in [0, 0.1) is 33.1 Å². The van der Waals surface area contributed by atoms with E-state index in [4.69, 9.17) is 5.41 Å². The minimum Gasteiger partial charge on any atom is -0.327 e. The van der Waals surface area contributed by atoms with Gasteiger partial charge in [-0.3, -0.25) is 5.41 Å². The summed E-state index contributed by atoms with van der Waals surface area (Å²) >= 11 is 0. The van der Waals surface area contributed by atoms with Gasteiger partial charge in [0, 0.05) is 17.8 Å². The number of anilines is 1. The van der Waals surface area contributed by atoms with Gasteiger partial charge in [0.05, 0.1) is 0 Å². The molecule has 0 aliphatic heterocycles. The van der Waals surface area contributed by atoms with Crippen molar-refractivity contribution in [1.82, 2.24) is 0 Å².